The molecule has 0 saturated heterocycles. The SMILES string of the molecule is COc1cc(Br)c(C(=O)O)c(Cl)c1OCc1ccccc1. The lowest BCUT2D eigenvalue weighted by Crippen LogP contribution is -2.04. The van der Waals surface area contributed by atoms with E-state index in [2.05, 4.69) is 15.9 Å². The van der Waals surface area contributed by atoms with Crippen LogP contribution in [0.2, 0.25) is 5.02 Å². The fourth-order valence-corrected chi connectivity index (χ4v) is 2.81. The van der Waals surface area contributed by atoms with Crippen molar-refractivity contribution in [2.24, 2.45) is 0 Å². The maximum absolute atomic E-state index is 11.3. The molecule has 0 aromatic heterocycles. The Kier molecular flexibility index (Phi) is 5.09. The molecule has 2 rings (SSSR count). The van der Waals surface area contributed by atoms with Gasteiger partial charge in [-0.15, -0.1) is 0 Å². The molecule has 1 N–H and O–H groups in total. The number of aromatic carboxylic acids is 1. The van der Waals surface area contributed by atoms with E-state index >= 15 is 0 Å². The van der Waals surface area contributed by atoms with Gasteiger partial charge in [-0.25, -0.2) is 4.79 Å². The quantitative estimate of drug-likeness (QED) is 0.847. The second kappa shape index (κ2) is 6.83. The normalized spacial score (nSPS) is 10.2. The molecule has 0 bridgehead atoms. The average Bonchev–Trinajstić information content (AvgIpc) is 2.46. The molecule has 0 aliphatic rings. The highest BCUT2D eigenvalue weighted by Crippen LogP contribution is 2.42. The number of halogens is 2. The maximum atomic E-state index is 11.3. The third kappa shape index (κ3) is 3.49. The summed E-state index contributed by atoms with van der Waals surface area (Å²) in [4.78, 5) is 11.3. The van der Waals surface area contributed by atoms with Crippen molar-refractivity contribution in [1.82, 2.24) is 0 Å². The third-order valence-electron chi connectivity index (χ3n) is 2.80. The van der Waals surface area contributed by atoms with Gasteiger partial charge in [-0.1, -0.05) is 41.9 Å². The summed E-state index contributed by atoms with van der Waals surface area (Å²) in [5.74, 6) is -0.560. The second-order valence-corrected chi connectivity index (χ2v) is 5.39. The van der Waals surface area contributed by atoms with Crippen LogP contribution in [0, 0.1) is 0 Å². The number of carboxylic acids is 1. The van der Waals surface area contributed by atoms with Crippen LogP contribution >= 0.6 is 27.5 Å². The summed E-state index contributed by atoms with van der Waals surface area (Å²) in [5.41, 5.74) is 0.885. The van der Waals surface area contributed by atoms with Crippen molar-refractivity contribution >= 4 is 33.5 Å². The Balaban J connectivity index is 2.37. The number of hydrogen-bond acceptors (Lipinski definition) is 3. The Morgan fingerprint density at radius 3 is 2.57 bits per heavy atom. The van der Waals surface area contributed by atoms with Crippen LogP contribution in [0.1, 0.15) is 15.9 Å². The Labute approximate surface area is 135 Å². The van der Waals surface area contributed by atoms with Crippen molar-refractivity contribution < 1.29 is 19.4 Å². The predicted octanol–water partition coefficient (Wildman–Crippen LogP) is 4.39. The van der Waals surface area contributed by atoms with Crippen LogP contribution in [-0.2, 0) is 6.61 Å². The molecule has 0 radical (unpaired) electrons. The van der Waals surface area contributed by atoms with E-state index < -0.39 is 5.97 Å². The molecule has 0 spiro atoms. The molecule has 21 heavy (non-hydrogen) atoms. The van der Waals surface area contributed by atoms with Crippen molar-refractivity contribution in [2.45, 2.75) is 6.61 Å². The number of benzene rings is 2. The van der Waals surface area contributed by atoms with Gasteiger partial charge in [-0.3, -0.25) is 0 Å². The Bertz CT molecular complexity index is 658. The average molecular weight is 372 g/mol. The summed E-state index contributed by atoms with van der Waals surface area (Å²) >= 11 is 9.31. The van der Waals surface area contributed by atoms with Gasteiger partial charge in [0.15, 0.2) is 11.5 Å². The monoisotopic (exact) mass is 370 g/mol. The highest BCUT2D eigenvalue weighted by Gasteiger charge is 2.22. The van der Waals surface area contributed by atoms with Gasteiger partial charge in [-0.2, -0.15) is 0 Å². The zero-order valence-corrected chi connectivity index (χ0v) is 13.4. The largest absolute Gasteiger partial charge is 0.493 e. The van der Waals surface area contributed by atoms with Gasteiger partial charge < -0.3 is 14.6 Å². The second-order valence-electron chi connectivity index (χ2n) is 4.16. The fraction of sp³-hybridized carbons (Fsp3) is 0.133. The number of carbonyl (C=O) groups is 1. The van der Waals surface area contributed by atoms with E-state index in [4.69, 9.17) is 21.1 Å². The van der Waals surface area contributed by atoms with Crippen molar-refractivity contribution in [3.63, 3.8) is 0 Å². The minimum Gasteiger partial charge on any atom is -0.493 e. The Morgan fingerprint density at radius 1 is 1.33 bits per heavy atom. The summed E-state index contributed by atoms with van der Waals surface area (Å²) in [6.07, 6.45) is 0. The molecule has 0 amide bonds. The first-order chi connectivity index (χ1) is 10.0. The number of carboxylic acid groups (broad SMARTS) is 1. The van der Waals surface area contributed by atoms with Crippen molar-refractivity contribution in [3.05, 3.63) is 57.0 Å². The van der Waals surface area contributed by atoms with Crippen LogP contribution in [0.3, 0.4) is 0 Å². The van der Waals surface area contributed by atoms with E-state index in [0.29, 0.717) is 10.2 Å². The smallest absolute Gasteiger partial charge is 0.338 e. The van der Waals surface area contributed by atoms with Crippen LogP contribution < -0.4 is 9.47 Å². The van der Waals surface area contributed by atoms with Crippen molar-refractivity contribution in [1.29, 1.82) is 0 Å². The number of rotatable bonds is 5. The van der Waals surface area contributed by atoms with E-state index in [-0.39, 0.29) is 22.9 Å². The van der Waals surface area contributed by atoms with Gasteiger partial charge >= 0.3 is 5.97 Å². The van der Waals surface area contributed by atoms with Crippen LogP contribution in [0.15, 0.2) is 40.9 Å². The molecule has 0 atom stereocenters. The standard InChI is InChI=1S/C15H12BrClO4/c1-20-11-7-10(16)12(15(18)19)13(17)14(11)21-8-9-5-3-2-4-6-9/h2-7H,8H2,1H3,(H,18,19). The van der Waals surface area contributed by atoms with E-state index in [1.165, 1.54) is 13.2 Å². The molecule has 0 aliphatic carbocycles. The fourth-order valence-electron chi connectivity index (χ4n) is 1.79. The molecule has 110 valence electrons. The summed E-state index contributed by atoms with van der Waals surface area (Å²) in [6, 6.07) is 11.0. The number of hydrogen-bond donors (Lipinski definition) is 1. The van der Waals surface area contributed by atoms with Crippen LogP contribution in [0.4, 0.5) is 0 Å². The molecule has 2 aromatic carbocycles. The van der Waals surface area contributed by atoms with Crippen LogP contribution in [0.5, 0.6) is 11.5 Å². The van der Waals surface area contributed by atoms with Gasteiger partial charge in [0.2, 0.25) is 0 Å². The van der Waals surface area contributed by atoms with E-state index in [0.717, 1.165) is 5.56 Å². The molecule has 0 heterocycles. The summed E-state index contributed by atoms with van der Waals surface area (Å²) < 4.78 is 11.2. The zero-order valence-electron chi connectivity index (χ0n) is 11.1. The van der Waals surface area contributed by atoms with Crippen LogP contribution in [0.25, 0.3) is 0 Å². The van der Waals surface area contributed by atoms with Gasteiger partial charge in [0.05, 0.1) is 12.7 Å². The van der Waals surface area contributed by atoms with E-state index in [9.17, 15) is 9.90 Å². The molecular weight excluding hydrogens is 360 g/mol. The molecule has 6 heteroatoms. The first-order valence-corrected chi connectivity index (χ1v) is 7.17. The summed E-state index contributed by atoms with van der Waals surface area (Å²) in [5, 5.41) is 9.21. The molecule has 0 unspecified atom stereocenters. The predicted molar refractivity (Wildman–Crippen MR) is 83.4 cm³/mol. The number of ether oxygens (including phenoxy) is 2. The van der Waals surface area contributed by atoms with Gasteiger partial charge in [0.1, 0.15) is 11.6 Å². The Morgan fingerprint density at radius 2 is 2.00 bits per heavy atom. The summed E-state index contributed by atoms with van der Waals surface area (Å²) in [6.45, 7) is 0.262. The lowest BCUT2D eigenvalue weighted by atomic mass is 10.2. The first kappa shape index (κ1) is 15.7. The minimum absolute atomic E-state index is 0.00431. The van der Waals surface area contributed by atoms with Gasteiger partial charge in [-0.05, 0) is 27.6 Å². The highest BCUT2D eigenvalue weighted by molar-refractivity contribution is 9.10. The Hall–Kier alpha value is -1.72. The van der Waals surface area contributed by atoms with Gasteiger partial charge in [0, 0.05) is 4.47 Å². The van der Waals surface area contributed by atoms with Crippen LogP contribution in [-0.4, -0.2) is 18.2 Å². The topological polar surface area (TPSA) is 55.8 Å². The zero-order chi connectivity index (χ0) is 15.4. The van der Waals surface area contributed by atoms with E-state index in [1.54, 1.807) is 0 Å². The van der Waals surface area contributed by atoms with Crippen molar-refractivity contribution in [2.75, 3.05) is 7.11 Å². The summed E-state index contributed by atoms with van der Waals surface area (Å²) in [7, 11) is 1.47. The first-order valence-electron chi connectivity index (χ1n) is 6.00. The third-order valence-corrected chi connectivity index (χ3v) is 3.79. The molecule has 0 saturated carbocycles. The highest BCUT2D eigenvalue weighted by atomic mass is 79.9. The molecule has 0 fully saturated rings. The molecule has 4 nitrogen and oxygen atoms in total. The lowest BCUT2D eigenvalue weighted by molar-refractivity contribution is 0.0695. The maximum Gasteiger partial charge on any atom is 0.338 e. The molecular formula is C15H12BrClO4. The lowest BCUT2D eigenvalue weighted by Gasteiger charge is -2.15. The number of methoxy groups -OCH3 is 1. The molecule has 2 aromatic rings. The van der Waals surface area contributed by atoms with Gasteiger partial charge in [0.25, 0.3) is 0 Å². The minimum atomic E-state index is -1.14. The molecule has 0 aliphatic heterocycles. The van der Waals surface area contributed by atoms with E-state index in [1.807, 2.05) is 30.3 Å². The van der Waals surface area contributed by atoms with Crippen molar-refractivity contribution in [3.8, 4) is 11.5 Å².